The van der Waals surface area contributed by atoms with Crippen LogP contribution in [0, 0.1) is 0 Å². The van der Waals surface area contributed by atoms with Crippen molar-refractivity contribution in [2.45, 2.75) is 0 Å². The summed E-state index contributed by atoms with van der Waals surface area (Å²) in [5.41, 5.74) is 0.750. The lowest BCUT2D eigenvalue weighted by molar-refractivity contribution is 0.0425. The minimum absolute atomic E-state index is 0.0343. The molecule has 6 aromatic carbocycles. The molecule has 0 atom stereocenters. The average molecular weight is 797 g/mol. The van der Waals surface area contributed by atoms with Crippen LogP contribution in [-0.4, -0.2) is 53.3 Å². The number of carbonyl (C=O) groups is 9. The first kappa shape index (κ1) is 35.6. The molecule has 288 valence electrons. The van der Waals surface area contributed by atoms with Crippen molar-refractivity contribution in [3.05, 3.63) is 177 Å². The number of carbonyl (C=O) groups excluding carboxylic acids is 9. The van der Waals surface area contributed by atoms with Crippen LogP contribution in [-0.2, 0) is 9.47 Å². The molecule has 0 N–H and O–H groups in total. The SMILES string of the molecule is O=C(c1ccc2c(c1)C(=O)N(c1cccc(Oc3ccc4c(c3)C(=O)OC4=O)c1)C2=O)c1ccc2c(c1)C(=O)N(c1cccc(Oc3ccc4c(c3)C(=O)OC4=O)c1)C2=O. The average Bonchev–Trinajstić information content (AvgIpc) is 3.88. The van der Waals surface area contributed by atoms with Crippen molar-refractivity contribution < 1.29 is 62.1 Å². The highest BCUT2D eigenvalue weighted by molar-refractivity contribution is 6.36. The van der Waals surface area contributed by atoms with Crippen molar-refractivity contribution in [3.8, 4) is 23.0 Å². The molecule has 10 rings (SSSR count). The molecule has 0 radical (unpaired) electrons. The third-order valence-corrected chi connectivity index (χ3v) is 10.2. The molecule has 0 saturated carbocycles. The van der Waals surface area contributed by atoms with Gasteiger partial charge in [0.05, 0.1) is 55.9 Å². The number of imide groups is 2. The Balaban J connectivity index is 0.865. The van der Waals surface area contributed by atoms with E-state index in [4.69, 9.17) is 9.47 Å². The van der Waals surface area contributed by atoms with E-state index < -0.39 is 53.3 Å². The summed E-state index contributed by atoms with van der Waals surface area (Å²) >= 11 is 0. The molecule has 0 fully saturated rings. The molecule has 60 heavy (non-hydrogen) atoms. The number of rotatable bonds is 8. The van der Waals surface area contributed by atoms with Gasteiger partial charge in [0.15, 0.2) is 5.78 Å². The largest absolute Gasteiger partial charge is 0.457 e. The number of ketones is 1. The summed E-state index contributed by atoms with van der Waals surface area (Å²) in [6.07, 6.45) is 0. The summed E-state index contributed by atoms with van der Waals surface area (Å²) in [6, 6.07) is 28.7. The molecule has 0 unspecified atom stereocenters. The molecule has 0 bridgehead atoms. The molecular weight excluding hydrogens is 776 g/mol. The van der Waals surface area contributed by atoms with Gasteiger partial charge in [-0.15, -0.1) is 0 Å². The molecule has 0 aromatic heterocycles. The molecule has 15 heteroatoms. The summed E-state index contributed by atoms with van der Waals surface area (Å²) in [5.74, 6) is -5.57. The minimum atomic E-state index is -0.805. The van der Waals surface area contributed by atoms with Gasteiger partial charge in [-0.05, 0) is 84.9 Å². The van der Waals surface area contributed by atoms with Gasteiger partial charge in [-0.3, -0.25) is 24.0 Å². The maximum absolute atomic E-state index is 13.8. The lowest BCUT2D eigenvalue weighted by Crippen LogP contribution is -2.29. The molecule has 6 aromatic rings. The van der Waals surface area contributed by atoms with Crippen LogP contribution in [0.1, 0.15) is 98.8 Å². The molecule has 4 aliphatic rings. The summed E-state index contributed by atoms with van der Waals surface area (Å²) in [4.78, 5) is 118. The number of amides is 4. The number of nitrogens with zero attached hydrogens (tertiary/aromatic N) is 2. The van der Waals surface area contributed by atoms with Gasteiger partial charge in [-0.1, -0.05) is 24.3 Å². The van der Waals surface area contributed by atoms with Crippen molar-refractivity contribution in [1.29, 1.82) is 0 Å². The first-order valence-corrected chi connectivity index (χ1v) is 17.9. The maximum Gasteiger partial charge on any atom is 0.347 e. The number of fused-ring (bicyclic) bond motifs is 4. The summed E-state index contributed by atoms with van der Waals surface area (Å²) in [5, 5.41) is 0. The summed E-state index contributed by atoms with van der Waals surface area (Å²) in [7, 11) is 0. The number of hydrogen-bond donors (Lipinski definition) is 0. The fourth-order valence-corrected chi connectivity index (χ4v) is 7.30. The zero-order valence-electron chi connectivity index (χ0n) is 30.2. The molecule has 0 saturated heterocycles. The van der Waals surface area contributed by atoms with Crippen molar-refractivity contribution in [2.24, 2.45) is 0 Å². The maximum atomic E-state index is 13.8. The van der Waals surface area contributed by atoms with Gasteiger partial charge in [0.25, 0.3) is 23.6 Å². The number of esters is 4. The van der Waals surface area contributed by atoms with Crippen molar-refractivity contribution in [1.82, 2.24) is 0 Å². The second-order valence-corrected chi connectivity index (χ2v) is 13.7. The molecule has 4 heterocycles. The minimum Gasteiger partial charge on any atom is -0.457 e. The fraction of sp³-hybridized carbons (Fsp3) is 0. The van der Waals surface area contributed by atoms with Gasteiger partial charge < -0.3 is 18.9 Å². The Morgan fingerprint density at radius 2 is 0.733 bits per heavy atom. The van der Waals surface area contributed by atoms with Crippen LogP contribution in [0.4, 0.5) is 11.4 Å². The van der Waals surface area contributed by atoms with Crippen LogP contribution >= 0.6 is 0 Å². The summed E-state index contributed by atoms with van der Waals surface area (Å²) in [6.45, 7) is 0. The predicted octanol–water partition coefficient (Wildman–Crippen LogP) is 6.72. The van der Waals surface area contributed by atoms with Crippen molar-refractivity contribution in [2.75, 3.05) is 9.80 Å². The predicted molar refractivity (Wildman–Crippen MR) is 204 cm³/mol. The van der Waals surface area contributed by atoms with E-state index in [1.807, 2.05) is 0 Å². The van der Waals surface area contributed by atoms with E-state index >= 15 is 0 Å². The van der Waals surface area contributed by atoms with E-state index in [0.29, 0.717) is 0 Å². The highest BCUT2D eigenvalue weighted by Gasteiger charge is 2.40. The van der Waals surface area contributed by atoms with Crippen molar-refractivity contribution in [3.63, 3.8) is 0 Å². The van der Waals surface area contributed by atoms with E-state index in [2.05, 4.69) is 9.47 Å². The second kappa shape index (κ2) is 13.1. The Kier molecular flexibility index (Phi) is 7.77. The highest BCUT2D eigenvalue weighted by atomic mass is 16.6. The Morgan fingerprint density at radius 3 is 1.17 bits per heavy atom. The molecular formula is C45H20N2O13. The standard InChI is InChI=1S/C45H20N2O13/c48-37(21-7-11-29-33(15-21)40(51)46(38(29)49)23-3-1-5-25(17-23)57-27-9-13-31-35(19-27)44(55)59-42(31)53)22-8-12-30-34(16-22)41(52)47(39(30)50)24-4-2-6-26(18-24)58-28-10-14-32-36(20-28)45(56)60-43(32)54/h1-20H. The molecule has 4 aliphatic heterocycles. The van der Waals surface area contributed by atoms with Gasteiger partial charge >= 0.3 is 23.9 Å². The van der Waals surface area contributed by atoms with E-state index in [0.717, 1.165) is 9.80 Å². The smallest absolute Gasteiger partial charge is 0.347 e. The molecule has 0 spiro atoms. The Labute approximate surface area is 335 Å². The van der Waals surface area contributed by atoms with Crippen LogP contribution < -0.4 is 19.3 Å². The van der Waals surface area contributed by atoms with E-state index in [1.165, 1.54) is 97.1 Å². The number of cyclic esters (lactones) is 4. The lowest BCUT2D eigenvalue weighted by atomic mass is 9.96. The number of hydrogen-bond acceptors (Lipinski definition) is 13. The van der Waals surface area contributed by atoms with Crippen LogP contribution in [0.5, 0.6) is 23.0 Å². The van der Waals surface area contributed by atoms with Gasteiger partial charge in [-0.2, -0.15) is 0 Å². The topological polar surface area (TPSA) is 197 Å². The molecule has 15 nitrogen and oxygen atoms in total. The Bertz CT molecular complexity index is 2890. The number of anilines is 2. The monoisotopic (exact) mass is 796 g/mol. The number of benzene rings is 6. The zero-order chi connectivity index (χ0) is 41.6. The van der Waals surface area contributed by atoms with Gasteiger partial charge in [0.2, 0.25) is 0 Å². The molecule has 4 amide bonds. The van der Waals surface area contributed by atoms with Crippen LogP contribution in [0.15, 0.2) is 121 Å². The van der Waals surface area contributed by atoms with Gasteiger partial charge in [0.1, 0.15) is 23.0 Å². The van der Waals surface area contributed by atoms with E-state index in [-0.39, 0.29) is 90.0 Å². The lowest BCUT2D eigenvalue weighted by Gasteiger charge is -2.15. The van der Waals surface area contributed by atoms with Gasteiger partial charge in [-0.25, -0.2) is 29.0 Å². The van der Waals surface area contributed by atoms with Crippen molar-refractivity contribution >= 4 is 64.7 Å². The first-order chi connectivity index (χ1) is 28.9. The van der Waals surface area contributed by atoms with E-state index in [1.54, 1.807) is 24.3 Å². The Morgan fingerprint density at radius 1 is 0.367 bits per heavy atom. The summed E-state index contributed by atoms with van der Waals surface area (Å²) < 4.78 is 21.0. The third-order valence-electron chi connectivity index (χ3n) is 10.2. The third kappa shape index (κ3) is 5.56. The first-order valence-electron chi connectivity index (χ1n) is 17.9. The Hall–Kier alpha value is -8.85. The quantitative estimate of drug-likeness (QED) is 0.0681. The normalized spacial score (nSPS) is 14.9. The van der Waals surface area contributed by atoms with Gasteiger partial charge in [0, 0.05) is 23.3 Å². The van der Waals surface area contributed by atoms with Crippen LogP contribution in [0.3, 0.4) is 0 Å². The van der Waals surface area contributed by atoms with Crippen LogP contribution in [0.25, 0.3) is 0 Å². The molecule has 0 aliphatic carbocycles. The fourth-order valence-electron chi connectivity index (χ4n) is 7.30. The second-order valence-electron chi connectivity index (χ2n) is 13.7. The number of ether oxygens (including phenoxy) is 4. The zero-order valence-corrected chi connectivity index (χ0v) is 30.2. The highest BCUT2D eigenvalue weighted by Crippen LogP contribution is 2.36. The van der Waals surface area contributed by atoms with E-state index in [9.17, 15) is 43.2 Å². The van der Waals surface area contributed by atoms with Crippen LogP contribution in [0.2, 0.25) is 0 Å².